The van der Waals surface area contributed by atoms with Crippen molar-refractivity contribution in [2.24, 2.45) is 0 Å². The summed E-state index contributed by atoms with van der Waals surface area (Å²) in [5.41, 5.74) is 11.0. The topological polar surface area (TPSA) is 230 Å². The maximum Gasteiger partial charge on any atom is 0.302 e. The lowest BCUT2D eigenvalue weighted by Gasteiger charge is -2.09. The van der Waals surface area contributed by atoms with Gasteiger partial charge in [-0.25, -0.2) is 0 Å². The Morgan fingerprint density at radius 1 is 0.422 bits per heavy atom. The number of nitrogens with one attached hydrogen (secondary N) is 2. The number of ether oxygens (including phenoxy) is 12. The first-order valence-electron chi connectivity index (χ1n) is 14.7. The van der Waals surface area contributed by atoms with Crippen LogP contribution in [0, 0.1) is 11.1 Å². The molecule has 0 amide bonds. The van der Waals surface area contributed by atoms with Crippen LogP contribution in [0.5, 0.6) is 0 Å². The first-order chi connectivity index (χ1) is 22.1. The second-order valence-electron chi connectivity index (χ2n) is 7.99. The molecular weight excluding hydrogens is 606 g/mol. The lowest BCUT2D eigenvalue weighted by atomic mass is 10.6. The zero-order chi connectivity index (χ0) is 33.7. The molecule has 0 radical (unpaired) electrons. The zero-order valence-corrected chi connectivity index (χ0v) is 27.1. The van der Waals surface area contributed by atoms with E-state index in [1.54, 1.807) is 0 Å². The van der Waals surface area contributed by atoms with Gasteiger partial charge in [-0.3, -0.25) is 4.79 Å². The fourth-order valence-electron chi connectivity index (χ4n) is 2.43. The predicted octanol–water partition coefficient (Wildman–Crippen LogP) is -0.552. The van der Waals surface area contributed by atoms with Crippen molar-refractivity contribution < 1.29 is 71.8 Å². The predicted molar refractivity (Wildman–Crippen MR) is 158 cm³/mol. The molecule has 4 N–H and O–H groups in total. The third kappa shape index (κ3) is 58.4. The number of aliphatic hydroxyl groups excluding tert-OH is 2. The van der Waals surface area contributed by atoms with Crippen molar-refractivity contribution in [1.29, 1.82) is 11.1 Å². The molecule has 0 aliphatic carbocycles. The van der Waals surface area contributed by atoms with E-state index >= 15 is 0 Å². The third-order valence-electron chi connectivity index (χ3n) is 4.48. The van der Waals surface area contributed by atoms with Crippen molar-refractivity contribution in [3.05, 3.63) is 0 Å². The molecule has 0 saturated heterocycles. The number of hydrogen-bond acceptors (Lipinski definition) is 17. The quantitative estimate of drug-likeness (QED) is 0.0293. The van der Waals surface area contributed by atoms with Crippen LogP contribution in [0.1, 0.15) is 6.92 Å². The van der Waals surface area contributed by atoms with Gasteiger partial charge in [0.05, 0.1) is 166 Å². The summed E-state index contributed by atoms with van der Waals surface area (Å²) in [4.78, 5) is 11.6. The fourth-order valence-corrected chi connectivity index (χ4v) is 2.43. The van der Waals surface area contributed by atoms with E-state index in [9.17, 15) is 4.79 Å². The Balaban J connectivity index is -0.00000195. The number of aliphatic hydroxyl groups is 2. The summed E-state index contributed by atoms with van der Waals surface area (Å²) in [6.45, 7) is 12.1. The van der Waals surface area contributed by atoms with Crippen molar-refractivity contribution in [3.8, 4) is 0 Å². The molecule has 0 bridgehead atoms. The maximum absolute atomic E-state index is 9.59. The van der Waals surface area contributed by atoms with E-state index < -0.39 is 0 Å². The standard InChI is InChI=1S/C24H50O13.C3H6O2.H2N3/c25-1-3-27-5-7-29-9-11-31-13-15-33-17-19-35-21-23-37-24-22-36-20-18-34-16-14-32-12-10-30-8-6-28-4-2-26;1-3(4)5-2;1-3-2/h25-26H,1-24H2;1-2H3;1-2H/q;;+1. The molecule has 0 aliphatic heterocycles. The highest BCUT2D eigenvalue weighted by molar-refractivity contribution is 5.65. The molecule has 0 aromatic rings. The van der Waals surface area contributed by atoms with E-state index in [0.29, 0.717) is 145 Å². The number of carbonyl (C=O) groups excluding carboxylic acids is 1. The third-order valence-corrected chi connectivity index (χ3v) is 4.48. The van der Waals surface area contributed by atoms with Gasteiger partial charge in [0.1, 0.15) is 11.1 Å². The Labute approximate surface area is 266 Å². The molecule has 0 spiro atoms. The van der Waals surface area contributed by atoms with Crippen LogP contribution in [0.15, 0.2) is 0 Å². The van der Waals surface area contributed by atoms with Gasteiger partial charge < -0.3 is 67.1 Å². The monoisotopic (exact) mass is 664 g/mol. The Morgan fingerprint density at radius 3 is 0.622 bits per heavy atom. The minimum atomic E-state index is -0.245. The minimum Gasteiger partial charge on any atom is -0.469 e. The van der Waals surface area contributed by atoms with E-state index in [1.165, 1.54) is 14.0 Å². The Bertz CT molecular complexity index is 544. The van der Waals surface area contributed by atoms with Crippen LogP contribution in [0.2, 0.25) is 0 Å². The molecule has 270 valence electrons. The van der Waals surface area contributed by atoms with Gasteiger partial charge in [0.2, 0.25) is 4.91 Å². The minimum absolute atomic E-state index is 0.0253. The molecule has 0 unspecified atom stereocenters. The van der Waals surface area contributed by atoms with Gasteiger partial charge >= 0.3 is 5.97 Å². The smallest absolute Gasteiger partial charge is 0.302 e. The van der Waals surface area contributed by atoms with Crippen LogP contribution in [0.4, 0.5) is 0 Å². The average Bonchev–Trinajstić information content (AvgIpc) is 3.04. The highest BCUT2D eigenvalue weighted by Crippen LogP contribution is 1.87. The highest BCUT2D eigenvalue weighted by Gasteiger charge is 1.96. The molecule has 18 heteroatoms. The lowest BCUT2D eigenvalue weighted by molar-refractivity contribution is -0.137. The Kier molecular flexibility index (Phi) is 52.1. The number of rotatable bonds is 34. The molecular formula is C27H58N3O15+. The summed E-state index contributed by atoms with van der Waals surface area (Å²) in [6.07, 6.45) is 0. The molecule has 0 rings (SSSR count). The van der Waals surface area contributed by atoms with Crippen LogP contribution in [0.25, 0.3) is 0 Å². The van der Waals surface area contributed by atoms with E-state index in [-0.39, 0.29) is 19.2 Å². The summed E-state index contributed by atoms with van der Waals surface area (Å²) in [5, 5.41) is 17.1. The summed E-state index contributed by atoms with van der Waals surface area (Å²) < 4.78 is 62.8. The lowest BCUT2D eigenvalue weighted by Crippen LogP contribution is -2.15. The second-order valence-corrected chi connectivity index (χ2v) is 7.99. The summed E-state index contributed by atoms with van der Waals surface area (Å²) >= 11 is 0. The van der Waals surface area contributed by atoms with Crippen LogP contribution >= 0.6 is 0 Å². The molecule has 18 nitrogen and oxygen atoms in total. The van der Waals surface area contributed by atoms with Crippen molar-refractivity contribution >= 4 is 5.97 Å². The molecule has 0 atom stereocenters. The number of hydrogen-bond donors (Lipinski definition) is 4. The Morgan fingerprint density at radius 2 is 0.533 bits per heavy atom. The van der Waals surface area contributed by atoms with Gasteiger partial charge in [0.15, 0.2) is 0 Å². The fraction of sp³-hybridized carbons (Fsp3) is 0.963. The van der Waals surface area contributed by atoms with Gasteiger partial charge in [-0.15, -0.1) is 0 Å². The first kappa shape index (κ1) is 47.7. The van der Waals surface area contributed by atoms with Crippen molar-refractivity contribution in [3.63, 3.8) is 0 Å². The summed E-state index contributed by atoms with van der Waals surface area (Å²) in [6, 6.07) is 0. The maximum atomic E-state index is 9.59. The van der Waals surface area contributed by atoms with Gasteiger partial charge in [0, 0.05) is 6.92 Å². The molecule has 0 aromatic carbocycles. The number of carbonyl (C=O) groups is 1. The van der Waals surface area contributed by atoms with Crippen LogP contribution in [-0.4, -0.2) is 182 Å². The normalized spacial score (nSPS) is 10.4. The van der Waals surface area contributed by atoms with E-state index in [2.05, 4.69) is 4.74 Å². The molecule has 0 saturated carbocycles. The SMILES string of the molecule is COC(C)=O.N=[N+]=N.OCCOCCOCCOCCOCCOCCOCCOCCOCCOCCOCCOCCO. The van der Waals surface area contributed by atoms with Crippen molar-refractivity contribution in [2.75, 3.05) is 166 Å². The number of nitrogens with zero attached hydrogens (tertiary/aromatic N) is 1. The van der Waals surface area contributed by atoms with Gasteiger partial charge in [-0.2, -0.15) is 0 Å². The van der Waals surface area contributed by atoms with Crippen LogP contribution in [-0.2, 0) is 61.6 Å². The molecule has 0 aliphatic rings. The second kappa shape index (κ2) is 49.1. The van der Waals surface area contributed by atoms with E-state index in [0.717, 1.165) is 0 Å². The van der Waals surface area contributed by atoms with E-state index in [4.69, 9.17) is 73.4 Å². The number of methoxy groups -OCH3 is 1. The highest BCUT2D eigenvalue weighted by atomic mass is 16.6. The van der Waals surface area contributed by atoms with Gasteiger partial charge in [-0.1, -0.05) is 0 Å². The zero-order valence-electron chi connectivity index (χ0n) is 27.1. The largest absolute Gasteiger partial charge is 0.469 e. The molecule has 0 fully saturated rings. The van der Waals surface area contributed by atoms with Crippen LogP contribution in [0.3, 0.4) is 0 Å². The first-order valence-corrected chi connectivity index (χ1v) is 14.7. The summed E-state index contributed by atoms with van der Waals surface area (Å²) in [5.74, 6) is -0.245. The van der Waals surface area contributed by atoms with Gasteiger partial charge in [0.25, 0.3) is 0 Å². The molecule has 0 heterocycles. The molecule has 45 heavy (non-hydrogen) atoms. The van der Waals surface area contributed by atoms with Crippen LogP contribution < -0.4 is 4.91 Å². The Hall–Kier alpha value is -1.74. The van der Waals surface area contributed by atoms with Crippen molar-refractivity contribution in [1.82, 2.24) is 4.91 Å². The van der Waals surface area contributed by atoms with E-state index in [1.807, 2.05) is 4.91 Å². The molecule has 0 aromatic heterocycles. The average molecular weight is 665 g/mol. The summed E-state index contributed by atoms with van der Waals surface area (Å²) in [7, 11) is 1.35. The van der Waals surface area contributed by atoms with Crippen molar-refractivity contribution in [2.45, 2.75) is 6.92 Å². The number of esters is 1. The van der Waals surface area contributed by atoms with Gasteiger partial charge in [-0.05, 0) is 0 Å².